The van der Waals surface area contributed by atoms with Gasteiger partial charge in [-0.15, -0.1) is 0 Å². The normalized spacial score (nSPS) is 25.1. The predicted octanol–water partition coefficient (Wildman–Crippen LogP) is 0.847. The molecule has 2 unspecified atom stereocenters. The number of hydrogen-bond donors (Lipinski definition) is 2. The monoisotopic (exact) mass is 331 g/mol. The van der Waals surface area contributed by atoms with Gasteiger partial charge in [-0.3, -0.25) is 10.2 Å². The van der Waals surface area contributed by atoms with Crippen molar-refractivity contribution in [3.8, 4) is 0 Å². The van der Waals surface area contributed by atoms with Crippen LogP contribution < -0.4 is 10.9 Å². The summed E-state index contributed by atoms with van der Waals surface area (Å²) in [5, 5.41) is 0. The molecule has 2 aliphatic rings. The molecule has 4 rings (SSSR count). The number of rotatable bonds is 3. The van der Waals surface area contributed by atoms with Crippen LogP contribution >= 0.6 is 11.8 Å². The molecule has 1 amide bonds. The van der Waals surface area contributed by atoms with E-state index >= 15 is 0 Å². The summed E-state index contributed by atoms with van der Waals surface area (Å²) in [4.78, 5) is 19.0. The van der Waals surface area contributed by atoms with Crippen LogP contribution in [0.5, 0.6) is 0 Å². The Morgan fingerprint density at radius 3 is 2.96 bits per heavy atom. The zero-order chi connectivity index (χ0) is 15.6. The van der Waals surface area contributed by atoms with Gasteiger partial charge in [-0.2, -0.15) is 11.8 Å². The molecule has 0 aliphatic carbocycles. The summed E-state index contributed by atoms with van der Waals surface area (Å²) in [5.41, 5.74) is 8.61. The molecule has 2 aromatic rings. The Bertz CT molecular complexity index is 697. The van der Waals surface area contributed by atoms with Crippen LogP contribution in [0, 0.1) is 0 Å². The molecule has 0 radical (unpaired) electrons. The van der Waals surface area contributed by atoms with Crippen molar-refractivity contribution in [1.82, 2.24) is 25.3 Å². The minimum absolute atomic E-state index is 0.113. The molecule has 1 aromatic carbocycles. The number of fused-ring (bicyclic) bond motifs is 1. The summed E-state index contributed by atoms with van der Waals surface area (Å²) in [6.45, 7) is 2.56. The molecule has 7 heteroatoms. The van der Waals surface area contributed by atoms with E-state index in [1.807, 2.05) is 41.2 Å². The maximum Gasteiger partial charge on any atom is 0.241 e. The number of benzene rings is 1. The second kappa shape index (κ2) is 6.51. The zero-order valence-electron chi connectivity index (χ0n) is 12.9. The molecule has 2 saturated heterocycles. The molecule has 2 atom stereocenters. The van der Waals surface area contributed by atoms with Crippen LogP contribution in [0.3, 0.4) is 0 Å². The Morgan fingerprint density at radius 1 is 1.26 bits per heavy atom. The topological polar surface area (TPSA) is 62.2 Å². The Kier molecular flexibility index (Phi) is 4.24. The van der Waals surface area contributed by atoms with Gasteiger partial charge in [0.15, 0.2) is 0 Å². The highest BCUT2D eigenvalue weighted by Gasteiger charge is 2.32. The van der Waals surface area contributed by atoms with Crippen molar-refractivity contribution in [2.75, 3.05) is 24.6 Å². The van der Waals surface area contributed by atoms with Gasteiger partial charge in [-0.05, 0) is 18.6 Å². The van der Waals surface area contributed by atoms with Crippen LogP contribution in [-0.4, -0.2) is 57.0 Å². The molecule has 1 aromatic heterocycles. The number of carbonyl (C=O) groups excluding carboxylic acids is 1. The zero-order valence-corrected chi connectivity index (χ0v) is 13.8. The van der Waals surface area contributed by atoms with E-state index in [0.717, 1.165) is 48.6 Å². The molecule has 122 valence electrons. The van der Waals surface area contributed by atoms with Crippen molar-refractivity contribution in [3.05, 3.63) is 30.6 Å². The first-order chi connectivity index (χ1) is 11.3. The lowest BCUT2D eigenvalue weighted by molar-refractivity contribution is -0.132. The lowest BCUT2D eigenvalue weighted by Gasteiger charge is -2.28. The number of hydrazine groups is 1. The molecule has 2 N–H and O–H groups in total. The fourth-order valence-electron chi connectivity index (χ4n) is 3.30. The number of amides is 1. The summed E-state index contributed by atoms with van der Waals surface area (Å²) >= 11 is 1.92. The summed E-state index contributed by atoms with van der Waals surface area (Å²) < 4.78 is 2.15. The number of aromatic nitrogens is 2. The van der Waals surface area contributed by atoms with Crippen LogP contribution in [0.2, 0.25) is 0 Å². The Morgan fingerprint density at radius 2 is 2.09 bits per heavy atom. The van der Waals surface area contributed by atoms with Crippen molar-refractivity contribution in [1.29, 1.82) is 0 Å². The quantitative estimate of drug-likeness (QED) is 0.873. The van der Waals surface area contributed by atoms with Crippen LogP contribution in [-0.2, 0) is 11.3 Å². The second-order valence-corrected chi connectivity index (χ2v) is 7.32. The fraction of sp³-hybridized carbons (Fsp3) is 0.500. The van der Waals surface area contributed by atoms with Crippen molar-refractivity contribution >= 4 is 28.7 Å². The minimum atomic E-state index is -0.113. The average molecular weight is 331 g/mol. The van der Waals surface area contributed by atoms with Gasteiger partial charge in [0.2, 0.25) is 5.91 Å². The van der Waals surface area contributed by atoms with Gasteiger partial charge in [-0.25, -0.2) is 10.4 Å². The minimum Gasteiger partial charge on any atom is -0.340 e. The number of imidazole rings is 1. The highest BCUT2D eigenvalue weighted by atomic mass is 32.2. The van der Waals surface area contributed by atoms with Crippen molar-refractivity contribution in [2.45, 2.75) is 25.0 Å². The van der Waals surface area contributed by atoms with E-state index in [2.05, 4.69) is 26.5 Å². The molecule has 0 saturated carbocycles. The first-order valence-electron chi connectivity index (χ1n) is 8.09. The first kappa shape index (κ1) is 15.0. The number of nitrogens with one attached hydrogen (secondary N) is 2. The highest BCUT2D eigenvalue weighted by Crippen LogP contribution is 2.17. The number of para-hydroxylation sites is 2. The van der Waals surface area contributed by atoms with Crippen LogP contribution in [0.25, 0.3) is 11.0 Å². The Hall–Kier alpha value is -1.57. The maximum absolute atomic E-state index is 12.6. The number of hydrogen-bond acceptors (Lipinski definition) is 5. The van der Waals surface area contributed by atoms with E-state index in [1.54, 1.807) is 0 Å². The summed E-state index contributed by atoms with van der Waals surface area (Å²) in [6, 6.07) is 8.26. The number of carbonyl (C=O) groups is 1. The summed E-state index contributed by atoms with van der Waals surface area (Å²) in [6.07, 6.45) is 2.69. The molecule has 0 bridgehead atoms. The number of nitrogens with zero attached hydrogens (tertiary/aromatic N) is 3. The van der Waals surface area contributed by atoms with Crippen molar-refractivity contribution < 1.29 is 4.79 Å². The molecule has 2 fully saturated rings. The van der Waals surface area contributed by atoms with E-state index < -0.39 is 0 Å². The molecular formula is C16H21N5OS. The molecule has 23 heavy (non-hydrogen) atoms. The van der Waals surface area contributed by atoms with Gasteiger partial charge in [0, 0.05) is 37.2 Å². The smallest absolute Gasteiger partial charge is 0.241 e. The molecular weight excluding hydrogens is 310 g/mol. The second-order valence-electron chi connectivity index (χ2n) is 6.10. The van der Waals surface area contributed by atoms with Gasteiger partial charge in [0.1, 0.15) is 6.04 Å². The van der Waals surface area contributed by atoms with E-state index in [1.165, 1.54) is 0 Å². The standard InChI is InChI=1S/C16H21N5OS/c22-16(20-5-7-23-8-6-20)14-9-12(18-19-14)10-21-11-17-13-3-1-2-4-15(13)21/h1-4,11-12,14,18-19H,5-10H2. The largest absolute Gasteiger partial charge is 0.340 e. The third kappa shape index (κ3) is 3.08. The Labute approximate surface area is 139 Å². The van der Waals surface area contributed by atoms with E-state index in [4.69, 9.17) is 0 Å². The maximum atomic E-state index is 12.6. The molecule has 6 nitrogen and oxygen atoms in total. The van der Waals surface area contributed by atoms with E-state index in [-0.39, 0.29) is 18.0 Å². The van der Waals surface area contributed by atoms with Crippen LogP contribution in [0.4, 0.5) is 0 Å². The van der Waals surface area contributed by atoms with Gasteiger partial charge < -0.3 is 9.47 Å². The SMILES string of the molecule is O=C(C1CC(Cn2cnc3ccccc32)NN1)N1CCSCC1. The third-order valence-electron chi connectivity index (χ3n) is 4.55. The number of thioether (sulfide) groups is 1. The van der Waals surface area contributed by atoms with Crippen molar-refractivity contribution in [2.24, 2.45) is 0 Å². The molecule has 3 heterocycles. The summed E-state index contributed by atoms with van der Waals surface area (Å²) in [7, 11) is 0. The first-order valence-corrected chi connectivity index (χ1v) is 9.24. The average Bonchev–Trinajstić information content (AvgIpc) is 3.23. The highest BCUT2D eigenvalue weighted by molar-refractivity contribution is 7.99. The van der Waals surface area contributed by atoms with Gasteiger partial charge in [-0.1, -0.05) is 12.1 Å². The third-order valence-corrected chi connectivity index (χ3v) is 5.49. The Balaban J connectivity index is 1.39. The molecule has 0 spiro atoms. The van der Waals surface area contributed by atoms with E-state index in [9.17, 15) is 4.79 Å². The van der Waals surface area contributed by atoms with Gasteiger partial charge >= 0.3 is 0 Å². The van der Waals surface area contributed by atoms with Gasteiger partial charge in [0.05, 0.1) is 17.4 Å². The molecule has 2 aliphatic heterocycles. The van der Waals surface area contributed by atoms with Crippen LogP contribution in [0.15, 0.2) is 30.6 Å². The fourth-order valence-corrected chi connectivity index (χ4v) is 4.20. The summed E-state index contributed by atoms with van der Waals surface area (Å²) in [5.74, 6) is 2.34. The van der Waals surface area contributed by atoms with Crippen LogP contribution in [0.1, 0.15) is 6.42 Å². The van der Waals surface area contributed by atoms with Gasteiger partial charge in [0.25, 0.3) is 0 Å². The lowest BCUT2D eigenvalue weighted by atomic mass is 10.1. The van der Waals surface area contributed by atoms with Crippen molar-refractivity contribution in [3.63, 3.8) is 0 Å². The van der Waals surface area contributed by atoms with E-state index in [0.29, 0.717) is 0 Å². The lowest BCUT2D eigenvalue weighted by Crippen LogP contribution is -2.48. The predicted molar refractivity (Wildman–Crippen MR) is 92.1 cm³/mol.